The van der Waals surface area contributed by atoms with Gasteiger partial charge in [-0.05, 0) is 13.8 Å². The van der Waals surface area contributed by atoms with Gasteiger partial charge in [0.05, 0.1) is 13.2 Å². The van der Waals surface area contributed by atoms with Gasteiger partial charge in [-0.25, -0.2) is 4.57 Å². The SMILES string of the molecule is CCOP([NH])(=O)OCC. The van der Waals surface area contributed by atoms with Gasteiger partial charge in [0, 0.05) is 0 Å². The summed E-state index contributed by atoms with van der Waals surface area (Å²) in [5, 5.41) is 0. The topological polar surface area (TPSA) is 59.3 Å². The molecular formula is C4H11NO3P. The first-order valence-corrected chi connectivity index (χ1v) is 4.31. The van der Waals surface area contributed by atoms with Gasteiger partial charge in [-0.15, -0.1) is 5.50 Å². The first-order chi connectivity index (χ1) is 4.12. The van der Waals surface area contributed by atoms with E-state index in [0.29, 0.717) is 0 Å². The molecule has 55 valence electrons. The van der Waals surface area contributed by atoms with Gasteiger partial charge in [0.2, 0.25) is 0 Å². The molecule has 4 nitrogen and oxygen atoms in total. The molecule has 1 radical (unpaired) electrons. The molecule has 0 aromatic carbocycles. The van der Waals surface area contributed by atoms with Crippen LogP contribution in [0.25, 0.3) is 0 Å². The van der Waals surface area contributed by atoms with E-state index in [2.05, 4.69) is 9.05 Å². The Kier molecular flexibility index (Phi) is 4.06. The second-order valence-electron chi connectivity index (χ2n) is 1.33. The number of nitrogens with one attached hydrogen (secondary N) is 1. The lowest BCUT2D eigenvalue weighted by atomic mass is 10.9. The zero-order valence-electron chi connectivity index (χ0n) is 5.59. The third-order valence-electron chi connectivity index (χ3n) is 0.598. The van der Waals surface area contributed by atoms with Gasteiger partial charge in [0.1, 0.15) is 0 Å². The van der Waals surface area contributed by atoms with Crippen molar-refractivity contribution in [1.29, 1.82) is 0 Å². The minimum atomic E-state index is -3.44. The van der Waals surface area contributed by atoms with Crippen LogP contribution in [0.5, 0.6) is 0 Å². The lowest BCUT2D eigenvalue weighted by Crippen LogP contribution is -1.94. The fraction of sp³-hybridized carbons (Fsp3) is 1.00. The van der Waals surface area contributed by atoms with Crippen LogP contribution in [0.2, 0.25) is 0 Å². The third kappa shape index (κ3) is 4.60. The Morgan fingerprint density at radius 3 is 1.89 bits per heavy atom. The molecule has 0 aliphatic carbocycles. The summed E-state index contributed by atoms with van der Waals surface area (Å²) < 4.78 is 19.6. The molecule has 0 saturated carbocycles. The van der Waals surface area contributed by atoms with Crippen molar-refractivity contribution in [3.05, 3.63) is 0 Å². The molecule has 0 spiro atoms. The monoisotopic (exact) mass is 152 g/mol. The minimum absolute atomic E-state index is 0.251. The van der Waals surface area contributed by atoms with Gasteiger partial charge in [0.15, 0.2) is 0 Å². The smallest absolute Gasteiger partial charge is 0.296 e. The summed E-state index contributed by atoms with van der Waals surface area (Å²) in [6, 6.07) is 0. The summed E-state index contributed by atoms with van der Waals surface area (Å²) >= 11 is 0. The van der Waals surface area contributed by atoms with E-state index in [0.717, 1.165) is 0 Å². The van der Waals surface area contributed by atoms with E-state index in [4.69, 9.17) is 5.50 Å². The Hall–Kier alpha value is 0.110. The molecule has 5 heteroatoms. The number of hydrogen-bond donors (Lipinski definition) is 0. The van der Waals surface area contributed by atoms with E-state index in [-0.39, 0.29) is 13.2 Å². The van der Waals surface area contributed by atoms with Gasteiger partial charge < -0.3 is 0 Å². The third-order valence-corrected chi connectivity index (χ3v) is 1.79. The molecule has 0 saturated heterocycles. The van der Waals surface area contributed by atoms with Crippen molar-refractivity contribution in [2.24, 2.45) is 0 Å². The Morgan fingerprint density at radius 1 is 1.33 bits per heavy atom. The van der Waals surface area contributed by atoms with E-state index in [1.807, 2.05) is 0 Å². The second-order valence-corrected chi connectivity index (χ2v) is 2.84. The molecule has 0 amide bonds. The highest BCUT2D eigenvalue weighted by molar-refractivity contribution is 7.50. The lowest BCUT2D eigenvalue weighted by molar-refractivity contribution is 0.219. The van der Waals surface area contributed by atoms with E-state index in [1.165, 1.54) is 0 Å². The van der Waals surface area contributed by atoms with Crippen LogP contribution in [0.3, 0.4) is 0 Å². The molecule has 0 heterocycles. The molecule has 0 aromatic rings. The molecule has 0 atom stereocenters. The molecule has 9 heavy (non-hydrogen) atoms. The summed E-state index contributed by atoms with van der Waals surface area (Å²) in [7, 11) is -3.44. The Bertz CT molecular complexity index is 106. The van der Waals surface area contributed by atoms with E-state index in [1.54, 1.807) is 13.8 Å². The Morgan fingerprint density at radius 2 is 1.67 bits per heavy atom. The molecule has 0 fully saturated rings. The second kappa shape index (κ2) is 4.01. The molecule has 0 rings (SSSR count). The molecule has 0 aliphatic heterocycles. The van der Waals surface area contributed by atoms with Crippen LogP contribution >= 0.6 is 7.75 Å². The normalized spacial score (nSPS) is 11.9. The maximum absolute atomic E-state index is 10.6. The molecule has 0 unspecified atom stereocenters. The highest BCUT2D eigenvalue weighted by Crippen LogP contribution is 2.41. The van der Waals surface area contributed by atoms with Crippen LogP contribution in [-0.4, -0.2) is 13.2 Å². The molecule has 0 bridgehead atoms. The Labute approximate surface area is 54.9 Å². The van der Waals surface area contributed by atoms with Gasteiger partial charge in [-0.2, -0.15) is 0 Å². The van der Waals surface area contributed by atoms with Crippen molar-refractivity contribution in [1.82, 2.24) is 5.50 Å². The standard InChI is InChI=1S/C4H11NO3P/c1-3-7-9(5,6)8-4-2/h5H,3-4H2,1-2H3. The van der Waals surface area contributed by atoms with Crippen molar-refractivity contribution < 1.29 is 13.6 Å². The quantitative estimate of drug-likeness (QED) is 0.573. The molecule has 0 aromatic heterocycles. The zero-order chi connectivity index (χ0) is 7.33. The van der Waals surface area contributed by atoms with Crippen molar-refractivity contribution in [3.63, 3.8) is 0 Å². The van der Waals surface area contributed by atoms with E-state index >= 15 is 0 Å². The van der Waals surface area contributed by atoms with Crippen LogP contribution in [0, 0.1) is 0 Å². The maximum atomic E-state index is 10.6. The number of rotatable bonds is 4. The predicted molar refractivity (Wildman–Crippen MR) is 34.0 cm³/mol. The maximum Gasteiger partial charge on any atom is 0.419 e. The van der Waals surface area contributed by atoms with Crippen molar-refractivity contribution in [3.8, 4) is 0 Å². The average Bonchev–Trinajstić information content (AvgIpc) is 1.64. The first-order valence-electron chi connectivity index (χ1n) is 2.76. The largest absolute Gasteiger partial charge is 0.419 e. The van der Waals surface area contributed by atoms with Crippen molar-refractivity contribution in [2.45, 2.75) is 13.8 Å². The Balaban J connectivity index is 3.58. The summed E-state index contributed by atoms with van der Waals surface area (Å²) in [6.07, 6.45) is 0. The fourth-order valence-corrected chi connectivity index (χ4v) is 1.13. The van der Waals surface area contributed by atoms with Gasteiger partial charge >= 0.3 is 7.75 Å². The number of hydrogen-bond acceptors (Lipinski definition) is 3. The summed E-state index contributed by atoms with van der Waals surface area (Å²) in [5.74, 6) is 0. The molecule has 1 N–H and O–H groups in total. The minimum Gasteiger partial charge on any atom is -0.296 e. The van der Waals surface area contributed by atoms with Gasteiger partial charge in [0.25, 0.3) is 0 Å². The van der Waals surface area contributed by atoms with Gasteiger partial charge in [-0.1, -0.05) is 0 Å². The fourth-order valence-electron chi connectivity index (χ4n) is 0.377. The first kappa shape index (κ1) is 9.11. The van der Waals surface area contributed by atoms with E-state index < -0.39 is 7.75 Å². The molecular weight excluding hydrogens is 141 g/mol. The van der Waals surface area contributed by atoms with Gasteiger partial charge in [-0.3, -0.25) is 9.05 Å². The highest BCUT2D eigenvalue weighted by Gasteiger charge is 2.15. The van der Waals surface area contributed by atoms with E-state index in [9.17, 15) is 4.57 Å². The van der Waals surface area contributed by atoms with Crippen LogP contribution < -0.4 is 5.50 Å². The van der Waals surface area contributed by atoms with Crippen LogP contribution in [0.4, 0.5) is 0 Å². The van der Waals surface area contributed by atoms with Crippen molar-refractivity contribution in [2.75, 3.05) is 13.2 Å². The molecule has 0 aliphatic rings. The lowest BCUT2D eigenvalue weighted by Gasteiger charge is -2.08. The van der Waals surface area contributed by atoms with Crippen LogP contribution in [0.1, 0.15) is 13.8 Å². The zero-order valence-corrected chi connectivity index (χ0v) is 6.48. The average molecular weight is 152 g/mol. The summed E-state index contributed by atoms with van der Waals surface area (Å²) in [6.45, 7) is 3.84. The summed E-state index contributed by atoms with van der Waals surface area (Å²) in [4.78, 5) is 0. The van der Waals surface area contributed by atoms with Crippen LogP contribution in [-0.2, 0) is 13.6 Å². The van der Waals surface area contributed by atoms with Crippen LogP contribution in [0.15, 0.2) is 0 Å². The highest BCUT2D eigenvalue weighted by atomic mass is 31.2. The summed E-state index contributed by atoms with van der Waals surface area (Å²) in [5.41, 5.74) is 6.84. The predicted octanol–water partition coefficient (Wildman–Crippen LogP) is 1.45. The van der Waals surface area contributed by atoms with Crippen molar-refractivity contribution >= 4 is 7.75 Å².